The van der Waals surface area contributed by atoms with E-state index in [4.69, 9.17) is 40.2 Å². The van der Waals surface area contributed by atoms with Gasteiger partial charge in [-0.25, -0.2) is 4.90 Å². The second-order valence-corrected chi connectivity index (χ2v) is 8.65. The van der Waals surface area contributed by atoms with E-state index < -0.39 is 22.6 Å². The van der Waals surface area contributed by atoms with Crippen molar-refractivity contribution >= 4 is 69.7 Å². The maximum Gasteiger partial charge on any atom is 0.271 e. The first-order valence-electron chi connectivity index (χ1n) is 10.3. The van der Waals surface area contributed by atoms with Crippen LogP contribution in [0, 0.1) is 10.1 Å². The molecule has 0 aromatic heterocycles. The molecule has 0 radical (unpaired) electrons. The number of benzene rings is 3. The molecule has 0 saturated carbocycles. The maximum atomic E-state index is 13.4. The van der Waals surface area contributed by atoms with Crippen LogP contribution in [0.4, 0.5) is 11.4 Å². The minimum Gasteiger partial charge on any atom is -0.468 e. The molecule has 1 heterocycles. The maximum absolute atomic E-state index is 13.4. The third kappa shape index (κ3) is 4.92. The van der Waals surface area contributed by atoms with E-state index in [-0.39, 0.29) is 34.6 Å². The number of rotatable bonds is 6. The number of halogens is 2. The van der Waals surface area contributed by atoms with Gasteiger partial charge in [0.25, 0.3) is 28.6 Å². The van der Waals surface area contributed by atoms with Crippen molar-refractivity contribution in [3.05, 3.63) is 104 Å². The molecule has 3 amide bonds. The van der Waals surface area contributed by atoms with E-state index in [1.165, 1.54) is 30.3 Å². The summed E-state index contributed by atoms with van der Waals surface area (Å²) in [7, 11) is 0. The third-order valence-electron chi connectivity index (χ3n) is 5.28. The summed E-state index contributed by atoms with van der Waals surface area (Å²) in [4.78, 5) is 51.0. The van der Waals surface area contributed by atoms with Crippen LogP contribution in [0.2, 0.25) is 10.0 Å². The topological polar surface area (TPSA) is 110 Å². The van der Waals surface area contributed by atoms with Crippen molar-refractivity contribution in [2.45, 2.75) is 0 Å². The van der Waals surface area contributed by atoms with E-state index in [1.54, 1.807) is 24.3 Å². The molecule has 0 spiro atoms. The molecule has 0 saturated heterocycles. The average molecular weight is 544 g/mol. The number of non-ortho nitro benzene ring substituents is 1. The Balaban J connectivity index is 1.54. The quantitative estimate of drug-likeness (QED) is 0.183. The summed E-state index contributed by atoms with van der Waals surface area (Å²) in [5, 5.41) is 11.0. The zero-order valence-electron chi connectivity index (χ0n) is 18.2. The number of nitro groups is 1. The number of imide groups is 1. The molecular weight excluding hydrogens is 529 g/mol. The molecule has 0 unspecified atom stereocenters. The van der Waals surface area contributed by atoms with Gasteiger partial charge in [-0.15, -0.1) is 0 Å². The fourth-order valence-corrected chi connectivity index (χ4v) is 4.19. The lowest BCUT2D eigenvalue weighted by Gasteiger charge is -2.24. The minimum absolute atomic E-state index is 0.0523. The molecule has 12 heteroatoms. The van der Waals surface area contributed by atoms with Gasteiger partial charge >= 0.3 is 0 Å². The Kier molecular flexibility index (Phi) is 7.30. The Morgan fingerprint density at radius 3 is 2.17 bits per heavy atom. The van der Waals surface area contributed by atoms with E-state index in [1.807, 2.05) is 0 Å². The smallest absolute Gasteiger partial charge is 0.271 e. The van der Waals surface area contributed by atoms with Crippen molar-refractivity contribution in [3.8, 4) is 0 Å². The van der Waals surface area contributed by atoms with Gasteiger partial charge in [-0.3, -0.25) is 29.4 Å². The number of hydrogen-bond acceptors (Lipinski definition) is 7. The SMILES string of the molecule is O=C1c2ccccc2C(=O)N1CCOC(=S)N(C(=O)c1ccc([N+](=O)[O-])cc1Cl)c1ccc(Cl)cc1. The van der Waals surface area contributed by atoms with Crippen LogP contribution in [-0.2, 0) is 4.74 Å². The number of fused-ring (bicyclic) bond motifs is 1. The highest BCUT2D eigenvalue weighted by molar-refractivity contribution is 7.80. The van der Waals surface area contributed by atoms with E-state index in [2.05, 4.69) is 0 Å². The molecule has 4 rings (SSSR count). The molecule has 0 atom stereocenters. The van der Waals surface area contributed by atoms with E-state index in [0.717, 1.165) is 21.9 Å². The lowest BCUT2D eigenvalue weighted by molar-refractivity contribution is -0.384. The number of amides is 3. The van der Waals surface area contributed by atoms with Crippen molar-refractivity contribution in [2.24, 2.45) is 0 Å². The Labute approximate surface area is 219 Å². The first-order valence-corrected chi connectivity index (χ1v) is 11.5. The predicted octanol–water partition coefficient (Wildman–Crippen LogP) is 5.15. The monoisotopic (exact) mass is 543 g/mol. The third-order valence-corrected chi connectivity index (χ3v) is 6.15. The van der Waals surface area contributed by atoms with Gasteiger partial charge in [-0.2, -0.15) is 0 Å². The Morgan fingerprint density at radius 1 is 1.00 bits per heavy atom. The fourth-order valence-electron chi connectivity index (χ4n) is 3.54. The Hall–Kier alpha value is -3.86. The molecule has 0 bridgehead atoms. The summed E-state index contributed by atoms with van der Waals surface area (Å²) < 4.78 is 5.60. The highest BCUT2D eigenvalue weighted by Gasteiger charge is 2.35. The van der Waals surface area contributed by atoms with Gasteiger partial charge in [0.2, 0.25) is 0 Å². The standard InChI is InChI=1S/C24H15Cl2N3O6S/c25-14-5-7-15(8-6-14)28(23(32)19-10-9-16(29(33)34)13-20(19)26)24(36)35-12-11-27-21(30)17-3-1-2-4-18(17)22(27)31/h1-10,13H,11-12H2. The zero-order valence-corrected chi connectivity index (χ0v) is 20.5. The lowest BCUT2D eigenvalue weighted by Crippen LogP contribution is -2.39. The molecular formula is C24H15Cl2N3O6S. The van der Waals surface area contributed by atoms with Crippen molar-refractivity contribution in [1.82, 2.24) is 4.90 Å². The summed E-state index contributed by atoms with van der Waals surface area (Å²) >= 11 is 17.5. The molecule has 1 aliphatic rings. The van der Waals surface area contributed by atoms with Crippen LogP contribution in [0.1, 0.15) is 31.1 Å². The summed E-state index contributed by atoms with van der Waals surface area (Å²) in [5.74, 6) is -1.61. The lowest BCUT2D eigenvalue weighted by atomic mass is 10.1. The number of carbonyl (C=O) groups is 3. The van der Waals surface area contributed by atoms with E-state index in [0.29, 0.717) is 21.8 Å². The van der Waals surface area contributed by atoms with Crippen LogP contribution in [0.3, 0.4) is 0 Å². The van der Waals surface area contributed by atoms with Gasteiger partial charge in [-0.1, -0.05) is 35.3 Å². The van der Waals surface area contributed by atoms with Gasteiger partial charge in [0.05, 0.1) is 38.9 Å². The molecule has 3 aromatic rings. The molecule has 3 aromatic carbocycles. The summed E-state index contributed by atoms with van der Waals surface area (Å²) in [5.41, 5.74) is 0.564. The molecule has 9 nitrogen and oxygen atoms in total. The van der Waals surface area contributed by atoms with Crippen molar-refractivity contribution in [2.75, 3.05) is 18.1 Å². The van der Waals surface area contributed by atoms with Crippen LogP contribution in [0.5, 0.6) is 0 Å². The second-order valence-electron chi connectivity index (χ2n) is 7.46. The first-order chi connectivity index (χ1) is 17.2. The number of nitrogens with zero attached hydrogens (tertiary/aromatic N) is 3. The summed E-state index contributed by atoms with van der Waals surface area (Å²) in [6, 6.07) is 16.0. The highest BCUT2D eigenvalue weighted by Crippen LogP contribution is 2.27. The Bertz CT molecular complexity index is 1380. The number of thiocarbonyl (C=S) groups is 1. The summed E-state index contributed by atoms with van der Waals surface area (Å²) in [6.07, 6.45) is 0. The van der Waals surface area contributed by atoms with E-state index in [9.17, 15) is 24.5 Å². The van der Waals surface area contributed by atoms with Crippen molar-refractivity contribution < 1.29 is 24.0 Å². The molecule has 182 valence electrons. The van der Waals surface area contributed by atoms with Crippen molar-refractivity contribution in [1.29, 1.82) is 0 Å². The number of ether oxygens (including phenoxy) is 1. The number of carbonyl (C=O) groups excluding carboxylic acids is 3. The summed E-state index contributed by atoms with van der Waals surface area (Å²) in [6.45, 7) is -0.289. The molecule has 0 aliphatic carbocycles. The highest BCUT2D eigenvalue weighted by atomic mass is 35.5. The normalized spacial score (nSPS) is 12.3. The predicted molar refractivity (Wildman–Crippen MR) is 137 cm³/mol. The number of hydrogen-bond donors (Lipinski definition) is 0. The molecule has 1 aliphatic heterocycles. The Morgan fingerprint density at radius 2 is 1.61 bits per heavy atom. The van der Waals surface area contributed by atoms with Gasteiger partial charge in [0, 0.05) is 17.2 Å². The van der Waals surface area contributed by atoms with Crippen LogP contribution in [-0.4, -0.2) is 45.9 Å². The molecule has 0 N–H and O–H groups in total. The average Bonchev–Trinajstić information content (AvgIpc) is 3.10. The van der Waals surface area contributed by atoms with Gasteiger partial charge in [0.1, 0.15) is 6.61 Å². The number of anilines is 1. The molecule has 36 heavy (non-hydrogen) atoms. The largest absolute Gasteiger partial charge is 0.468 e. The molecule has 0 fully saturated rings. The van der Waals surface area contributed by atoms with Crippen LogP contribution in [0.25, 0.3) is 0 Å². The van der Waals surface area contributed by atoms with Crippen molar-refractivity contribution in [3.63, 3.8) is 0 Å². The van der Waals surface area contributed by atoms with Crippen LogP contribution >= 0.6 is 35.4 Å². The minimum atomic E-state index is -0.706. The fraction of sp³-hybridized carbons (Fsp3) is 0.0833. The zero-order chi connectivity index (χ0) is 26.0. The van der Waals surface area contributed by atoms with Crippen LogP contribution in [0.15, 0.2) is 66.7 Å². The van der Waals surface area contributed by atoms with Gasteiger partial charge < -0.3 is 4.74 Å². The van der Waals surface area contributed by atoms with E-state index >= 15 is 0 Å². The number of nitro benzene ring substituents is 1. The first kappa shape index (κ1) is 25.2. The second kappa shape index (κ2) is 10.4. The van der Waals surface area contributed by atoms with Crippen LogP contribution < -0.4 is 4.90 Å². The van der Waals surface area contributed by atoms with Gasteiger partial charge in [-0.05, 0) is 54.7 Å². The van der Waals surface area contributed by atoms with Gasteiger partial charge in [0.15, 0.2) is 0 Å².